The molecule has 1 aliphatic rings. The highest BCUT2D eigenvalue weighted by Crippen LogP contribution is 2.26. The first-order valence-corrected chi connectivity index (χ1v) is 4.02. The average Bonchev–Trinajstić information content (AvgIpc) is 1.80. The fourth-order valence-corrected chi connectivity index (χ4v) is 1.34. The number of hydrogen-bond acceptors (Lipinski definition) is 0. The molecule has 0 aromatic rings. The van der Waals surface area contributed by atoms with Gasteiger partial charge in [0.05, 0.1) is 0 Å². The Balaban J connectivity index is 2.83. The van der Waals surface area contributed by atoms with Gasteiger partial charge in [-0.05, 0) is 36.7 Å². The summed E-state index contributed by atoms with van der Waals surface area (Å²) in [7, 11) is 0. The largest absolute Gasteiger partial charge is 0.0727 e. The van der Waals surface area contributed by atoms with Gasteiger partial charge in [0.25, 0.3) is 0 Å². The summed E-state index contributed by atoms with van der Waals surface area (Å²) in [6.45, 7) is 4.33. The van der Waals surface area contributed by atoms with Gasteiger partial charge >= 0.3 is 0 Å². The molecule has 0 radical (unpaired) electrons. The monoisotopic (exact) mass is 186 g/mol. The summed E-state index contributed by atoms with van der Waals surface area (Å²) in [5.74, 6) is 0. The minimum Gasteiger partial charge on any atom is -0.0727 e. The van der Waals surface area contributed by atoms with Crippen LogP contribution in [0.4, 0.5) is 0 Å². The summed E-state index contributed by atoms with van der Waals surface area (Å²) in [5, 5.41) is 0. The molecule has 0 atom stereocenters. The van der Waals surface area contributed by atoms with Crippen molar-refractivity contribution in [1.82, 2.24) is 0 Å². The Labute approximate surface area is 64.8 Å². The zero-order chi connectivity index (χ0) is 6.85. The lowest BCUT2D eigenvalue weighted by Crippen LogP contribution is -1.89. The third kappa shape index (κ3) is 1.68. The number of rotatable bonds is 0. The van der Waals surface area contributed by atoms with Gasteiger partial charge in [-0.2, -0.15) is 0 Å². The van der Waals surface area contributed by atoms with E-state index in [4.69, 9.17) is 0 Å². The normalized spacial score (nSPS) is 20.1. The van der Waals surface area contributed by atoms with Crippen LogP contribution >= 0.6 is 15.9 Å². The number of halogens is 1. The maximum atomic E-state index is 3.52. The van der Waals surface area contributed by atoms with E-state index >= 15 is 0 Å². The molecule has 0 bridgehead atoms. The Morgan fingerprint density at radius 3 is 2.44 bits per heavy atom. The lowest BCUT2D eigenvalue weighted by Gasteiger charge is -2.09. The molecule has 0 unspecified atom stereocenters. The fraction of sp³-hybridized carbons (Fsp3) is 0.500. The fourth-order valence-electron chi connectivity index (χ4n) is 1.02. The summed E-state index contributed by atoms with van der Waals surface area (Å²) in [6.07, 6.45) is 4.65. The Morgan fingerprint density at radius 2 is 2.00 bits per heavy atom. The lowest BCUT2D eigenvalue weighted by atomic mass is 10.0. The van der Waals surface area contributed by atoms with Gasteiger partial charge in [0.15, 0.2) is 0 Å². The predicted molar refractivity (Wildman–Crippen MR) is 44.6 cm³/mol. The van der Waals surface area contributed by atoms with Crippen LogP contribution in [0.5, 0.6) is 0 Å². The molecule has 0 amide bonds. The van der Waals surface area contributed by atoms with Crippen molar-refractivity contribution in [3.8, 4) is 0 Å². The summed E-state index contributed by atoms with van der Waals surface area (Å²) in [6, 6.07) is 0. The summed E-state index contributed by atoms with van der Waals surface area (Å²) in [4.78, 5) is 0. The Hall–Kier alpha value is -0.0400. The predicted octanol–water partition coefficient (Wildman–Crippen LogP) is 3.40. The Kier molecular flexibility index (Phi) is 2.12. The second kappa shape index (κ2) is 2.70. The van der Waals surface area contributed by atoms with Crippen molar-refractivity contribution < 1.29 is 0 Å². The van der Waals surface area contributed by atoms with Gasteiger partial charge in [0.2, 0.25) is 0 Å². The smallest absolute Gasteiger partial charge is 0.00170 e. The van der Waals surface area contributed by atoms with Gasteiger partial charge in [0.1, 0.15) is 0 Å². The molecule has 0 N–H and O–H groups in total. The molecule has 0 nitrogen and oxygen atoms in total. The van der Waals surface area contributed by atoms with E-state index in [1.165, 1.54) is 28.5 Å². The van der Waals surface area contributed by atoms with Gasteiger partial charge in [-0.1, -0.05) is 27.6 Å². The second-order valence-corrected chi connectivity index (χ2v) is 3.54. The molecule has 0 saturated carbocycles. The minimum absolute atomic E-state index is 1.19. The first-order valence-electron chi connectivity index (χ1n) is 3.22. The molecule has 0 fully saturated rings. The van der Waals surface area contributed by atoms with Crippen molar-refractivity contribution in [3.05, 3.63) is 21.7 Å². The molecular weight excluding hydrogens is 176 g/mol. The molecule has 1 aliphatic carbocycles. The van der Waals surface area contributed by atoms with Gasteiger partial charge in [-0.3, -0.25) is 0 Å². The van der Waals surface area contributed by atoms with Crippen molar-refractivity contribution in [2.24, 2.45) is 0 Å². The minimum atomic E-state index is 1.19. The van der Waals surface area contributed by atoms with Crippen LogP contribution in [0, 0.1) is 0 Å². The average molecular weight is 187 g/mol. The third-order valence-electron chi connectivity index (χ3n) is 1.63. The van der Waals surface area contributed by atoms with Crippen LogP contribution in [-0.2, 0) is 0 Å². The first-order chi connectivity index (χ1) is 4.20. The van der Waals surface area contributed by atoms with Crippen LogP contribution in [0.25, 0.3) is 0 Å². The highest BCUT2D eigenvalue weighted by molar-refractivity contribution is 9.11. The van der Waals surface area contributed by atoms with Crippen molar-refractivity contribution in [2.75, 3.05) is 0 Å². The van der Waals surface area contributed by atoms with E-state index in [2.05, 4.69) is 35.9 Å². The first kappa shape index (κ1) is 7.07. The van der Waals surface area contributed by atoms with Crippen LogP contribution < -0.4 is 0 Å². The van der Waals surface area contributed by atoms with Gasteiger partial charge in [0, 0.05) is 0 Å². The number of hydrogen-bond donors (Lipinski definition) is 0. The van der Waals surface area contributed by atoms with E-state index < -0.39 is 0 Å². The molecular formula is C8H11Br. The molecule has 0 aromatic heterocycles. The standard InChI is InChI=1S/C8H11Br/c1-6-3-4-8(9)7(2)5-6/h5H,3-4H2,1-2H3. The van der Waals surface area contributed by atoms with Crippen molar-refractivity contribution in [3.63, 3.8) is 0 Å². The summed E-state index contributed by atoms with van der Waals surface area (Å²) in [5.41, 5.74) is 2.88. The van der Waals surface area contributed by atoms with Crippen LogP contribution in [0.2, 0.25) is 0 Å². The van der Waals surface area contributed by atoms with Crippen LogP contribution in [0.1, 0.15) is 26.7 Å². The summed E-state index contributed by atoms with van der Waals surface area (Å²) >= 11 is 3.52. The molecule has 9 heavy (non-hydrogen) atoms. The van der Waals surface area contributed by atoms with Gasteiger partial charge in [-0.25, -0.2) is 0 Å². The van der Waals surface area contributed by atoms with E-state index in [1.807, 2.05) is 0 Å². The van der Waals surface area contributed by atoms with Crippen LogP contribution in [0.15, 0.2) is 21.7 Å². The SMILES string of the molecule is CC1=CC(C)=C(Br)CC1. The zero-order valence-electron chi connectivity index (χ0n) is 5.87. The quantitative estimate of drug-likeness (QED) is 0.545. The van der Waals surface area contributed by atoms with E-state index in [1.54, 1.807) is 0 Å². The van der Waals surface area contributed by atoms with Crippen molar-refractivity contribution in [1.29, 1.82) is 0 Å². The van der Waals surface area contributed by atoms with Gasteiger partial charge < -0.3 is 0 Å². The molecule has 0 saturated heterocycles. The molecule has 0 spiro atoms. The maximum Gasteiger partial charge on any atom is -0.00170 e. The maximum absolute atomic E-state index is 3.52. The molecule has 1 heteroatoms. The van der Waals surface area contributed by atoms with E-state index in [0.29, 0.717) is 0 Å². The Bertz CT molecular complexity index is 175. The molecule has 0 aliphatic heterocycles. The third-order valence-corrected chi connectivity index (χ3v) is 2.65. The van der Waals surface area contributed by atoms with Crippen LogP contribution in [-0.4, -0.2) is 0 Å². The van der Waals surface area contributed by atoms with Crippen molar-refractivity contribution >= 4 is 15.9 Å². The van der Waals surface area contributed by atoms with Crippen molar-refractivity contribution in [2.45, 2.75) is 26.7 Å². The molecule has 0 aromatic carbocycles. The summed E-state index contributed by atoms with van der Waals surface area (Å²) < 4.78 is 1.37. The highest BCUT2D eigenvalue weighted by atomic mass is 79.9. The molecule has 50 valence electrons. The highest BCUT2D eigenvalue weighted by Gasteiger charge is 2.03. The molecule has 1 rings (SSSR count). The second-order valence-electron chi connectivity index (χ2n) is 2.58. The number of allylic oxidation sites excluding steroid dienone is 4. The van der Waals surface area contributed by atoms with E-state index in [-0.39, 0.29) is 0 Å². The van der Waals surface area contributed by atoms with E-state index in [9.17, 15) is 0 Å². The lowest BCUT2D eigenvalue weighted by molar-refractivity contribution is 0.936. The van der Waals surface area contributed by atoms with Crippen LogP contribution in [0.3, 0.4) is 0 Å². The van der Waals surface area contributed by atoms with Gasteiger partial charge in [-0.15, -0.1) is 0 Å². The topological polar surface area (TPSA) is 0 Å². The molecule has 0 heterocycles. The zero-order valence-corrected chi connectivity index (χ0v) is 7.46. The Morgan fingerprint density at radius 1 is 1.33 bits per heavy atom. The van der Waals surface area contributed by atoms with E-state index in [0.717, 1.165) is 0 Å².